The van der Waals surface area contributed by atoms with Gasteiger partial charge in [-0.1, -0.05) is 19.1 Å². The average molecular weight is 252 g/mol. The van der Waals surface area contributed by atoms with Gasteiger partial charge in [-0.05, 0) is 24.3 Å². The topological polar surface area (TPSA) is 13.1 Å². The second-order valence-electron chi connectivity index (χ2n) is 4.79. The first-order valence-electron chi connectivity index (χ1n) is 6.72. The highest BCUT2D eigenvalue weighted by molar-refractivity contribution is 6.04. The van der Waals surface area contributed by atoms with Crippen LogP contribution >= 0.6 is 0 Å². The molecule has 0 aliphatic rings. The van der Waals surface area contributed by atoms with E-state index in [0.29, 0.717) is 0 Å². The van der Waals surface area contributed by atoms with Crippen molar-refractivity contribution in [1.82, 2.24) is 0 Å². The SMILES string of the molecule is CCC[n+]1cc2cc(OC)ccc2c2ccccc21. The monoisotopic (exact) mass is 252 g/mol. The zero-order chi connectivity index (χ0) is 13.2. The fourth-order valence-corrected chi connectivity index (χ4v) is 2.64. The highest BCUT2D eigenvalue weighted by Crippen LogP contribution is 2.25. The molecular weight excluding hydrogens is 234 g/mol. The number of hydrogen-bond acceptors (Lipinski definition) is 1. The van der Waals surface area contributed by atoms with Crippen LogP contribution in [-0.4, -0.2) is 7.11 Å². The summed E-state index contributed by atoms with van der Waals surface area (Å²) in [7, 11) is 1.71. The van der Waals surface area contributed by atoms with Gasteiger partial charge in [0.1, 0.15) is 12.3 Å². The van der Waals surface area contributed by atoms with Gasteiger partial charge in [0.25, 0.3) is 0 Å². The van der Waals surface area contributed by atoms with E-state index in [9.17, 15) is 0 Å². The molecule has 2 heteroatoms. The maximum Gasteiger partial charge on any atom is 0.213 e. The summed E-state index contributed by atoms with van der Waals surface area (Å²) < 4.78 is 7.66. The van der Waals surface area contributed by atoms with Gasteiger partial charge >= 0.3 is 0 Å². The lowest BCUT2D eigenvalue weighted by molar-refractivity contribution is -0.670. The van der Waals surface area contributed by atoms with E-state index in [1.807, 2.05) is 6.07 Å². The third-order valence-electron chi connectivity index (χ3n) is 3.52. The van der Waals surface area contributed by atoms with Crippen molar-refractivity contribution in [2.45, 2.75) is 19.9 Å². The van der Waals surface area contributed by atoms with Crippen LogP contribution in [0.2, 0.25) is 0 Å². The van der Waals surface area contributed by atoms with E-state index in [4.69, 9.17) is 4.74 Å². The Bertz CT molecular complexity index is 734. The van der Waals surface area contributed by atoms with E-state index in [1.54, 1.807) is 7.11 Å². The minimum atomic E-state index is 0.908. The lowest BCUT2D eigenvalue weighted by atomic mass is 10.1. The van der Waals surface area contributed by atoms with Crippen LogP contribution < -0.4 is 9.30 Å². The summed E-state index contributed by atoms with van der Waals surface area (Å²) in [5.74, 6) is 0.908. The Morgan fingerprint density at radius 3 is 2.68 bits per heavy atom. The molecule has 1 heterocycles. The van der Waals surface area contributed by atoms with Crippen LogP contribution in [0.1, 0.15) is 13.3 Å². The molecule has 3 aromatic rings. The van der Waals surface area contributed by atoms with Crippen LogP contribution in [0.25, 0.3) is 21.7 Å². The molecule has 2 aromatic carbocycles. The Labute approximate surface area is 113 Å². The summed E-state index contributed by atoms with van der Waals surface area (Å²) in [4.78, 5) is 0. The molecule has 19 heavy (non-hydrogen) atoms. The molecule has 0 saturated heterocycles. The van der Waals surface area contributed by atoms with Crippen molar-refractivity contribution >= 4 is 21.7 Å². The van der Waals surface area contributed by atoms with Crippen LogP contribution in [0.3, 0.4) is 0 Å². The molecule has 0 saturated carbocycles. The fourth-order valence-electron chi connectivity index (χ4n) is 2.64. The Morgan fingerprint density at radius 2 is 1.89 bits per heavy atom. The largest absolute Gasteiger partial charge is 0.497 e. The number of aryl methyl sites for hydroxylation is 1. The molecule has 0 aliphatic heterocycles. The van der Waals surface area contributed by atoms with Crippen molar-refractivity contribution in [3.05, 3.63) is 48.7 Å². The summed E-state index contributed by atoms with van der Waals surface area (Å²) in [6.07, 6.45) is 3.35. The van der Waals surface area contributed by atoms with Crippen LogP contribution in [0.5, 0.6) is 5.75 Å². The maximum atomic E-state index is 5.32. The van der Waals surface area contributed by atoms with Gasteiger partial charge in [0.15, 0.2) is 6.20 Å². The summed E-state index contributed by atoms with van der Waals surface area (Å²) >= 11 is 0. The van der Waals surface area contributed by atoms with Crippen molar-refractivity contribution in [3.63, 3.8) is 0 Å². The van der Waals surface area contributed by atoms with Crippen molar-refractivity contribution in [2.75, 3.05) is 7.11 Å². The van der Waals surface area contributed by atoms with Gasteiger partial charge < -0.3 is 4.74 Å². The summed E-state index contributed by atoms with van der Waals surface area (Å²) in [5, 5.41) is 3.81. The summed E-state index contributed by atoms with van der Waals surface area (Å²) in [6, 6.07) is 14.9. The number of fused-ring (bicyclic) bond motifs is 3. The molecule has 0 unspecified atom stereocenters. The number of aromatic nitrogens is 1. The molecule has 0 amide bonds. The van der Waals surface area contributed by atoms with Crippen LogP contribution in [-0.2, 0) is 6.54 Å². The van der Waals surface area contributed by atoms with E-state index in [1.165, 1.54) is 21.7 Å². The molecule has 0 atom stereocenters. The number of methoxy groups -OCH3 is 1. The lowest BCUT2D eigenvalue weighted by Gasteiger charge is -2.06. The van der Waals surface area contributed by atoms with Crippen molar-refractivity contribution in [3.8, 4) is 5.75 Å². The third kappa shape index (κ3) is 2.03. The minimum absolute atomic E-state index is 0.908. The van der Waals surface area contributed by atoms with Gasteiger partial charge in [0.05, 0.1) is 17.9 Å². The Morgan fingerprint density at radius 1 is 1.05 bits per heavy atom. The van der Waals surface area contributed by atoms with Crippen molar-refractivity contribution in [2.24, 2.45) is 0 Å². The first kappa shape index (κ1) is 12.0. The van der Waals surface area contributed by atoms with E-state index in [-0.39, 0.29) is 0 Å². The number of nitrogens with zero attached hydrogens (tertiary/aromatic N) is 1. The van der Waals surface area contributed by atoms with Gasteiger partial charge in [-0.2, -0.15) is 4.57 Å². The fraction of sp³-hybridized carbons (Fsp3) is 0.235. The lowest BCUT2D eigenvalue weighted by Crippen LogP contribution is -2.33. The molecule has 0 bridgehead atoms. The quantitative estimate of drug-likeness (QED) is 0.511. The van der Waals surface area contributed by atoms with Gasteiger partial charge in [-0.25, -0.2) is 0 Å². The molecule has 1 aromatic heterocycles. The molecule has 0 aliphatic carbocycles. The number of hydrogen-bond donors (Lipinski definition) is 0. The smallest absolute Gasteiger partial charge is 0.213 e. The molecule has 0 N–H and O–H groups in total. The highest BCUT2D eigenvalue weighted by Gasteiger charge is 2.12. The van der Waals surface area contributed by atoms with Gasteiger partial charge in [-0.15, -0.1) is 0 Å². The average Bonchev–Trinajstić information content (AvgIpc) is 2.47. The van der Waals surface area contributed by atoms with Gasteiger partial charge in [0.2, 0.25) is 5.52 Å². The standard InChI is InChI=1S/C17H18NO/c1-3-10-18-12-13-11-14(19-2)8-9-15(13)16-6-4-5-7-17(16)18/h4-9,11-12H,3,10H2,1-2H3/q+1. The van der Waals surface area contributed by atoms with Crippen LogP contribution in [0.4, 0.5) is 0 Å². The van der Waals surface area contributed by atoms with Crippen LogP contribution in [0.15, 0.2) is 48.7 Å². The molecular formula is C17H18NO+. The van der Waals surface area contributed by atoms with Crippen molar-refractivity contribution < 1.29 is 9.30 Å². The van der Waals surface area contributed by atoms with Crippen molar-refractivity contribution in [1.29, 1.82) is 0 Å². The molecule has 2 nitrogen and oxygen atoms in total. The molecule has 0 spiro atoms. The Hall–Kier alpha value is -2.09. The highest BCUT2D eigenvalue weighted by atomic mass is 16.5. The molecule has 96 valence electrons. The molecule has 3 rings (SSSR count). The van der Waals surface area contributed by atoms with E-state index < -0.39 is 0 Å². The number of ether oxygens (including phenoxy) is 1. The zero-order valence-corrected chi connectivity index (χ0v) is 11.4. The third-order valence-corrected chi connectivity index (χ3v) is 3.52. The number of benzene rings is 2. The number of para-hydroxylation sites is 1. The Balaban J connectivity index is 2.38. The normalized spacial score (nSPS) is 11.1. The predicted molar refractivity (Wildman–Crippen MR) is 78.5 cm³/mol. The molecule has 0 radical (unpaired) electrons. The Kier molecular flexibility index (Phi) is 3.08. The van der Waals surface area contributed by atoms with Gasteiger partial charge in [0, 0.05) is 17.9 Å². The first-order valence-corrected chi connectivity index (χ1v) is 6.72. The van der Waals surface area contributed by atoms with E-state index >= 15 is 0 Å². The van der Waals surface area contributed by atoms with E-state index in [0.717, 1.165) is 18.7 Å². The zero-order valence-electron chi connectivity index (χ0n) is 11.4. The van der Waals surface area contributed by atoms with Gasteiger partial charge in [-0.3, -0.25) is 0 Å². The minimum Gasteiger partial charge on any atom is -0.497 e. The van der Waals surface area contributed by atoms with E-state index in [2.05, 4.69) is 54.1 Å². The first-order chi connectivity index (χ1) is 9.33. The molecule has 0 fully saturated rings. The number of pyridine rings is 1. The summed E-state index contributed by atoms with van der Waals surface area (Å²) in [6.45, 7) is 3.24. The summed E-state index contributed by atoms with van der Waals surface area (Å²) in [5.41, 5.74) is 1.29. The second-order valence-corrected chi connectivity index (χ2v) is 4.79. The predicted octanol–water partition coefficient (Wildman–Crippen LogP) is 3.70. The second kappa shape index (κ2) is 4.88. The maximum absolute atomic E-state index is 5.32. The van der Waals surface area contributed by atoms with Crippen LogP contribution in [0, 0.1) is 0 Å². The number of rotatable bonds is 3.